The van der Waals surface area contributed by atoms with Crippen molar-refractivity contribution < 1.29 is 33.1 Å². The Morgan fingerprint density at radius 3 is 2.47 bits per heavy atom. The summed E-state index contributed by atoms with van der Waals surface area (Å²) in [5, 5.41) is 9.12. The lowest BCUT2D eigenvalue weighted by Gasteiger charge is -2.29. The number of rotatable bonds is 8. The smallest absolute Gasteiger partial charge is 0.344 e. The van der Waals surface area contributed by atoms with Crippen LogP contribution in [0.15, 0.2) is 40.1 Å². The number of nitrogens with zero attached hydrogens (tertiary/aromatic N) is 1. The molecule has 1 atom stereocenters. The van der Waals surface area contributed by atoms with E-state index in [1.54, 1.807) is 45.2 Å². The lowest BCUT2D eigenvalue weighted by Crippen LogP contribution is -2.47. The molecule has 2 N–H and O–H groups in total. The number of urea groups is 1. The molecule has 0 aliphatic carbocycles. The summed E-state index contributed by atoms with van der Waals surface area (Å²) in [6.07, 6.45) is 0.485. The van der Waals surface area contributed by atoms with Gasteiger partial charge >= 0.3 is 18.0 Å². The molecule has 0 bridgehead atoms. The maximum Gasteiger partial charge on any atom is 0.344 e. The molecule has 3 rings (SSSR count). The van der Waals surface area contributed by atoms with E-state index in [4.69, 9.17) is 18.7 Å². The Morgan fingerprint density at radius 1 is 1.12 bits per heavy atom. The summed E-state index contributed by atoms with van der Waals surface area (Å²) in [5.74, 6) is -0.343. The van der Waals surface area contributed by atoms with Crippen molar-refractivity contribution in [1.82, 2.24) is 15.8 Å². The van der Waals surface area contributed by atoms with Gasteiger partial charge in [-0.15, -0.1) is 0 Å². The third-order valence-electron chi connectivity index (χ3n) is 4.92. The van der Waals surface area contributed by atoms with Gasteiger partial charge in [0.25, 0.3) is 0 Å². The fraction of sp³-hybridized carbons (Fsp3) is 0.364. The van der Waals surface area contributed by atoms with Gasteiger partial charge in [-0.1, -0.05) is 24.2 Å². The third kappa shape index (κ3) is 4.74. The summed E-state index contributed by atoms with van der Waals surface area (Å²) in [6, 6.07) is 5.55. The first-order valence-corrected chi connectivity index (χ1v) is 10.1. The minimum Gasteiger partial charge on any atom is -0.497 e. The van der Waals surface area contributed by atoms with Crippen LogP contribution in [0.25, 0.3) is 0 Å². The van der Waals surface area contributed by atoms with E-state index in [2.05, 4.69) is 15.8 Å². The number of amides is 2. The van der Waals surface area contributed by atoms with Gasteiger partial charge in [-0.3, -0.25) is 0 Å². The predicted molar refractivity (Wildman–Crippen MR) is 112 cm³/mol. The number of aromatic nitrogens is 1. The second-order valence-corrected chi connectivity index (χ2v) is 6.91. The van der Waals surface area contributed by atoms with E-state index in [1.807, 2.05) is 6.92 Å². The molecule has 1 aromatic carbocycles. The second-order valence-electron chi connectivity index (χ2n) is 6.91. The number of hydrogen-bond donors (Lipinski definition) is 2. The van der Waals surface area contributed by atoms with Crippen molar-refractivity contribution in [2.75, 3.05) is 20.3 Å². The second kappa shape index (κ2) is 9.99. The van der Waals surface area contributed by atoms with Gasteiger partial charge in [0.05, 0.1) is 36.7 Å². The van der Waals surface area contributed by atoms with Crippen molar-refractivity contribution in [3.8, 4) is 5.75 Å². The molecular formula is C22H25N3O7. The summed E-state index contributed by atoms with van der Waals surface area (Å²) >= 11 is 0. The highest BCUT2D eigenvalue weighted by Gasteiger charge is 2.34. The molecule has 1 aliphatic rings. The lowest BCUT2D eigenvalue weighted by atomic mass is 9.95. The molecule has 0 radical (unpaired) electrons. The molecule has 2 aromatic rings. The molecule has 2 heterocycles. The molecule has 170 valence electrons. The van der Waals surface area contributed by atoms with Gasteiger partial charge in [-0.25, -0.2) is 14.4 Å². The van der Waals surface area contributed by atoms with E-state index in [-0.39, 0.29) is 30.0 Å². The Balaban J connectivity index is 1.94. The molecule has 0 spiro atoms. The van der Waals surface area contributed by atoms with Crippen LogP contribution in [-0.2, 0) is 20.7 Å². The molecular weight excluding hydrogens is 418 g/mol. The van der Waals surface area contributed by atoms with Crippen LogP contribution in [0.3, 0.4) is 0 Å². The molecule has 10 heteroatoms. The van der Waals surface area contributed by atoms with Crippen molar-refractivity contribution in [3.63, 3.8) is 0 Å². The molecule has 0 saturated heterocycles. The molecule has 1 aliphatic heterocycles. The van der Waals surface area contributed by atoms with Gasteiger partial charge in [-0.2, -0.15) is 0 Å². The summed E-state index contributed by atoms with van der Waals surface area (Å²) in [6.45, 7) is 4.91. The zero-order valence-corrected chi connectivity index (χ0v) is 18.3. The van der Waals surface area contributed by atoms with Gasteiger partial charge in [0, 0.05) is 0 Å². The summed E-state index contributed by atoms with van der Waals surface area (Å²) < 4.78 is 20.9. The van der Waals surface area contributed by atoms with E-state index in [1.165, 1.54) is 0 Å². The molecule has 1 aromatic heterocycles. The maximum atomic E-state index is 12.8. The number of carbonyl (C=O) groups is 3. The van der Waals surface area contributed by atoms with Crippen molar-refractivity contribution in [2.24, 2.45) is 0 Å². The largest absolute Gasteiger partial charge is 0.497 e. The molecule has 10 nitrogen and oxygen atoms in total. The highest BCUT2D eigenvalue weighted by atomic mass is 16.5. The molecule has 0 saturated carbocycles. The van der Waals surface area contributed by atoms with Crippen LogP contribution in [0, 0.1) is 6.92 Å². The van der Waals surface area contributed by atoms with Crippen LogP contribution in [-0.4, -0.2) is 43.4 Å². The van der Waals surface area contributed by atoms with Crippen LogP contribution in [0.5, 0.6) is 5.75 Å². The maximum absolute atomic E-state index is 12.8. The third-order valence-corrected chi connectivity index (χ3v) is 4.92. The van der Waals surface area contributed by atoms with Crippen LogP contribution >= 0.6 is 0 Å². The summed E-state index contributed by atoms with van der Waals surface area (Å²) in [7, 11) is 1.54. The number of nitrogens with one attached hydrogen (secondary N) is 2. The van der Waals surface area contributed by atoms with Gasteiger partial charge in [0.2, 0.25) is 0 Å². The van der Waals surface area contributed by atoms with Crippen molar-refractivity contribution in [2.45, 2.75) is 33.2 Å². The minimum absolute atomic E-state index is 0.133. The zero-order chi connectivity index (χ0) is 23.3. The first-order chi connectivity index (χ1) is 15.4. The number of benzene rings is 1. The van der Waals surface area contributed by atoms with Gasteiger partial charge in [0.1, 0.15) is 23.7 Å². The van der Waals surface area contributed by atoms with E-state index < -0.39 is 24.0 Å². The van der Waals surface area contributed by atoms with E-state index >= 15 is 0 Å². The quantitative estimate of drug-likeness (QED) is 0.596. The molecule has 0 unspecified atom stereocenters. The molecule has 32 heavy (non-hydrogen) atoms. The highest BCUT2D eigenvalue weighted by Crippen LogP contribution is 2.29. The summed E-state index contributed by atoms with van der Waals surface area (Å²) in [4.78, 5) is 37.8. The SMILES string of the molecule is CCOC(=O)C1=C(COC(=O)c2c(CC)noc2C)NC(=O)N[C@@H]1c1ccc(OC)cc1. The number of carbonyl (C=O) groups excluding carboxylic acids is 3. The Labute approximate surface area is 184 Å². The fourth-order valence-corrected chi connectivity index (χ4v) is 3.36. The topological polar surface area (TPSA) is 129 Å². The van der Waals surface area contributed by atoms with E-state index in [0.717, 1.165) is 0 Å². The number of esters is 2. The van der Waals surface area contributed by atoms with Crippen molar-refractivity contribution in [3.05, 3.63) is 58.1 Å². The molecule has 2 amide bonds. The van der Waals surface area contributed by atoms with E-state index in [9.17, 15) is 14.4 Å². The standard InChI is InChI=1S/C22H25N3O7/c1-5-15-17(12(3)32-25-15)20(26)31-11-16-18(21(27)30-6-2)19(24-22(28)23-16)13-7-9-14(29-4)10-8-13/h7-10,19H,5-6,11H2,1-4H3,(H2,23,24,28)/t19-/m1/s1. The van der Waals surface area contributed by atoms with Crippen LogP contribution in [0.2, 0.25) is 0 Å². The summed E-state index contributed by atoms with van der Waals surface area (Å²) in [5.41, 5.74) is 1.61. The Bertz CT molecular complexity index is 1040. The normalized spacial score (nSPS) is 15.6. The Morgan fingerprint density at radius 2 is 1.84 bits per heavy atom. The number of ether oxygens (including phenoxy) is 3. The van der Waals surface area contributed by atoms with Gasteiger partial charge < -0.3 is 29.4 Å². The van der Waals surface area contributed by atoms with Crippen molar-refractivity contribution in [1.29, 1.82) is 0 Å². The van der Waals surface area contributed by atoms with Crippen molar-refractivity contribution >= 4 is 18.0 Å². The Kier molecular flexibility index (Phi) is 7.14. The average Bonchev–Trinajstić information content (AvgIpc) is 3.17. The van der Waals surface area contributed by atoms with Gasteiger partial charge in [-0.05, 0) is 38.0 Å². The lowest BCUT2D eigenvalue weighted by molar-refractivity contribution is -0.139. The number of hydrogen-bond acceptors (Lipinski definition) is 8. The molecule has 0 fully saturated rings. The fourth-order valence-electron chi connectivity index (χ4n) is 3.36. The average molecular weight is 443 g/mol. The Hall–Kier alpha value is -3.82. The monoisotopic (exact) mass is 443 g/mol. The zero-order valence-electron chi connectivity index (χ0n) is 18.3. The van der Waals surface area contributed by atoms with Crippen LogP contribution in [0.4, 0.5) is 4.79 Å². The first-order valence-electron chi connectivity index (χ1n) is 10.1. The van der Waals surface area contributed by atoms with Crippen LogP contribution in [0.1, 0.15) is 47.3 Å². The first kappa shape index (κ1) is 22.9. The number of methoxy groups -OCH3 is 1. The minimum atomic E-state index is -0.800. The van der Waals surface area contributed by atoms with E-state index in [0.29, 0.717) is 29.2 Å². The number of aryl methyl sites for hydroxylation is 2. The predicted octanol–water partition coefficient (Wildman–Crippen LogP) is 2.58. The van der Waals surface area contributed by atoms with Crippen LogP contribution < -0.4 is 15.4 Å². The van der Waals surface area contributed by atoms with Gasteiger partial charge in [0.15, 0.2) is 0 Å². The highest BCUT2D eigenvalue weighted by molar-refractivity contribution is 5.96.